The Morgan fingerprint density at radius 2 is 2.16 bits per heavy atom. The van der Waals surface area contributed by atoms with Gasteiger partial charge in [-0.2, -0.15) is 0 Å². The lowest BCUT2D eigenvalue weighted by molar-refractivity contribution is -0.122. The Morgan fingerprint density at radius 3 is 2.79 bits per heavy atom. The van der Waals surface area contributed by atoms with E-state index in [0.717, 1.165) is 25.9 Å². The Balaban J connectivity index is 2.57. The van der Waals surface area contributed by atoms with Crippen molar-refractivity contribution in [2.24, 2.45) is 5.73 Å². The van der Waals surface area contributed by atoms with Crippen molar-refractivity contribution < 1.29 is 4.79 Å². The highest BCUT2D eigenvalue weighted by atomic mass is 16.1. The zero-order valence-electron chi connectivity index (χ0n) is 12.7. The average Bonchev–Trinajstić information content (AvgIpc) is 2.67. The quantitative estimate of drug-likeness (QED) is 0.742. The minimum atomic E-state index is 0.149. The second kappa shape index (κ2) is 9.32. The molecule has 3 N–H and O–H groups in total. The fourth-order valence-electron chi connectivity index (χ4n) is 3.01. The summed E-state index contributed by atoms with van der Waals surface area (Å²) in [5, 5.41) is 2.96. The van der Waals surface area contributed by atoms with Gasteiger partial charge in [-0.15, -0.1) is 0 Å². The Labute approximate surface area is 118 Å². The van der Waals surface area contributed by atoms with Crippen LogP contribution < -0.4 is 11.1 Å². The van der Waals surface area contributed by atoms with Crippen LogP contribution in [0.25, 0.3) is 0 Å². The molecule has 112 valence electrons. The highest BCUT2D eigenvalue weighted by Crippen LogP contribution is 2.22. The van der Waals surface area contributed by atoms with Crippen LogP contribution in [0.2, 0.25) is 0 Å². The average molecular weight is 269 g/mol. The van der Waals surface area contributed by atoms with Crippen LogP contribution in [-0.2, 0) is 4.79 Å². The number of amides is 1. The second-order valence-corrected chi connectivity index (χ2v) is 5.59. The van der Waals surface area contributed by atoms with Crippen molar-refractivity contribution in [3.8, 4) is 0 Å². The number of nitrogens with one attached hydrogen (secondary N) is 1. The summed E-state index contributed by atoms with van der Waals surface area (Å²) >= 11 is 0. The molecule has 1 heterocycles. The number of rotatable bonds is 7. The van der Waals surface area contributed by atoms with Crippen LogP contribution in [0.15, 0.2) is 0 Å². The van der Waals surface area contributed by atoms with Crippen molar-refractivity contribution in [1.29, 1.82) is 0 Å². The van der Waals surface area contributed by atoms with Crippen molar-refractivity contribution in [1.82, 2.24) is 10.2 Å². The van der Waals surface area contributed by atoms with Crippen molar-refractivity contribution in [2.45, 2.75) is 70.9 Å². The molecular formula is C15H31N3O. The summed E-state index contributed by atoms with van der Waals surface area (Å²) in [4.78, 5) is 14.4. The number of hydrogen-bond donors (Lipinski definition) is 2. The minimum Gasteiger partial charge on any atom is -0.356 e. The van der Waals surface area contributed by atoms with E-state index in [2.05, 4.69) is 24.1 Å². The maximum absolute atomic E-state index is 11.9. The van der Waals surface area contributed by atoms with Gasteiger partial charge in [-0.1, -0.05) is 26.7 Å². The fraction of sp³-hybridized carbons (Fsp3) is 0.933. The molecule has 19 heavy (non-hydrogen) atoms. The van der Waals surface area contributed by atoms with E-state index in [-0.39, 0.29) is 11.9 Å². The van der Waals surface area contributed by atoms with Crippen LogP contribution in [0.1, 0.15) is 58.8 Å². The summed E-state index contributed by atoms with van der Waals surface area (Å²) in [5.41, 5.74) is 5.93. The second-order valence-electron chi connectivity index (χ2n) is 5.59. The van der Waals surface area contributed by atoms with E-state index in [1.165, 1.54) is 25.7 Å². The number of hydrogen-bond acceptors (Lipinski definition) is 3. The van der Waals surface area contributed by atoms with Gasteiger partial charge in [-0.25, -0.2) is 0 Å². The van der Waals surface area contributed by atoms with Crippen LogP contribution in [0.4, 0.5) is 0 Å². The first-order valence-electron chi connectivity index (χ1n) is 7.95. The zero-order chi connectivity index (χ0) is 14.1. The van der Waals surface area contributed by atoms with Crippen LogP contribution >= 0.6 is 0 Å². The first-order chi connectivity index (χ1) is 9.22. The van der Waals surface area contributed by atoms with Gasteiger partial charge in [0, 0.05) is 31.6 Å². The Kier molecular flexibility index (Phi) is 8.07. The molecule has 1 saturated heterocycles. The third-order valence-corrected chi connectivity index (χ3v) is 4.13. The predicted octanol–water partition coefficient (Wildman–Crippen LogP) is 1.88. The molecule has 0 aromatic rings. The molecule has 1 amide bonds. The molecule has 4 nitrogen and oxygen atoms in total. The van der Waals surface area contributed by atoms with Gasteiger partial charge in [0.2, 0.25) is 5.91 Å². The predicted molar refractivity (Wildman–Crippen MR) is 80.0 cm³/mol. The molecule has 1 aliphatic heterocycles. The molecule has 0 aromatic heterocycles. The first-order valence-corrected chi connectivity index (χ1v) is 7.95. The van der Waals surface area contributed by atoms with Gasteiger partial charge in [-0.3, -0.25) is 9.69 Å². The largest absolute Gasteiger partial charge is 0.356 e. The molecule has 1 fully saturated rings. The first kappa shape index (κ1) is 16.4. The lowest BCUT2D eigenvalue weighted by Gasteiger charge is -2.36. The van der Waals surface area contributed by atoms with Gasteiger partial charge >= 0.3 is 0 Å². The molecule has 0 saturated carbocycles. The SMILES string of the molecule is CCCNC(=O)CC(CN)N1CCCCCC1CC. The number of likely N-dealkylation sites (tertiary alicyclic amines) is 1. The van der Waals surface area contributed by atoms with E-state index >= 15 is 0 Å². The van der Waals surface area contributed by atoms with Gasteiger partial charge < -0.3 is 11.1 Å². The number of nitrogens with two attached hydrogens (primary N) is 1. The number of carbonyl (C=O) groups is 1. The van der Waals surface area contributed by atoms with Crippen LogP contribution in [0, 0.1) is 0 Å². The molecule has 1 aliphatic rings. The van der Waals surface area contributed by atoms with Gasteiger partial charge in [0.1, 0.15) is 0 Å². The van der Waals surface area contributed by atoms with Gasteiger partial charge in [0.05, 0.1) is 0 Å². The summed E-state index contributed by atoms with van der Waals surface area (Å²) in [5.74, 6) is 0.149. The van der Waals surface area contributed by atoms with E-state index in [1.54, 1.807) is 0 Å². The molecule has 0 bridgehead atoms. The summed E-state index contributed by atoms with van der Waals surface area (Å²) in [6.45, 7) is 6.77. The Bertz CT molecular complexity index is 258. The van der Waals surface area contributed by atoms with Crippen molar-refractivity contribution in [3.05, 3.63) is 0 Å². The summed E-state index contributed by atoms with van der Waals surface area (Å²) in [7, 11) is 0. The van der Waals surface area contributed by atoms with E-state index in [9.17, 15) is 4.79 Å². The molecule has 0 radical (unpaired) electrons. The minimum absolute atomic E-state index is 0.149. The van der Waals surface area contributed by atoms with Crippen molar-refractivity contribution in [2.75, 3.05) is 19.6 Å². The van der Waals surface area contributed by atoms with Crippen LogP contribution in [0.5, 0.6) is 0 Å². The van der Waals surface area contributed by atoms with Gasteiger partial charge in [-0.05, 0) is 32.2 Å². The summed E-state index contributed by atoms with van der Waals surface area (Å²) in [6, 6.07) is 0.815. The molecular weight excluding hydrogens is 238 g/mol. The lowest BCUT2D eigenvalue weighted by atomic mass is 10.0. The fourth-order valence-corrected chi connectivity index (χ4v) is 3.01. The molecule has 0 spiro atoms. The summed E-state index contributed by atoms with van der Waals surface area (Å²) < 4.78 is 0. The van der Waals surface area contributed by atoms with E-state index < -0.39 is 0 Å². The Morgan fingerprint density at radius 1 is 1.37 bits per heavy atom. The molecule has 0 aliphatic carbocycles. The summed E-state index contributed by atoms with van der Waals surface area (Å²) in [6.07, 6.45) is 7.81. The van der Waals surface area contributed by atoms with Crippen LogP contribution in [0.3, 0.4) is 0 Å². The molecule has 4 heteroatoms. The topological polar surface area (TPSA) is 58.4 Å². The third kappa shape index (κ3) is 5.49. The normalized spacial score (nSPS) is 22.8. The van der Waals surface area contributed by atoms with Gasteiger partial charge in [0.25, 0.3) is 0 Å². The number of carbonyl (C=O) groups excluding carboxylic acids is 1. The maximum Gasteiger partial charge on any atom is 0.221 e. The third-order valence-electron chi connectivity index (χ3n) is 4.13. The lowest BCUT2D eigenvalue weighted by Crippen LogP contribution is -2.48. The van der Waals surface area contributed by atoms with Gasteiger partial charge in [0.15, 0.2) is 0 Å². The highest BCUT2D eigenvalue weighted by Gasteiger charge is 2.27. The van der Waals surface area contributed by atoms with Crippen molar-refractivity contribution in [3.63, 3.8) is 0 Å². The van der Waals surface area contributed by atoms with Crippen molar-refractivity contribution >= 4 is 5.91 Å². The Hall–Kier alpha value is -0.610. The zero-order valence-corrected chi connectivity index (χ0v) is 12.7. The maximum atomic E-state index is 11.9. The van der Waals surface area contributed by atoms with E-state index in [4.69, 9.17) is 5.73 Å². The molecule has 1 rings (SSSR count). The monoisotopic (exact) mass is 269 g/mol. The highest BCUT2D eigenvalue weighted by molar-refractivity contribution is 5.76. The molecule has 2 atom stereocenters. The molecule has 2 unspecified atom stereocenters. The smallest absolute Gasteiger partial charge is 0.221 e. The standard InChI is InChI=1S/C15H31N3O/c1-3-9-17-15(19)11-14(12-16)18-10-7-5-6-8-13(18)4-2/h13-14H,3-12,16H2,1-2H3,(H,17,19). The number of nitrogens with zero attached hydrogens (tertiary/aromatic N) is 1. The van der Waals surface area contributed by atoms with E-state index in [1.807, 2.05) is 0 Å². The molecule has 0 aromatic carbocycles. The van der Waals surface area contributed by atoms with E-state index in [0.29, 0.717) is 19.0 Å². The van der Waals surface area contributed by atoms with Crippen LogP contribution in [-0.4, -0.2) is 42.5 Å².